The number of nitro benzene ring substituents is 1. The molecule has 10 amide bonds. The number of benzene rings is 2. The quantitative estimate of drug-likeness (QED) is 0.0264. The number of carbonyl (C=O) groups is 16. The normalized spacial score (nSPS) is 16.9. The number of non-ortho nitro benzene ring substituents is 1. The van der Waals surface area contributed by atoms with Crippen LogP contribution in [0.1, 0.15) is 128 Å². The Balaban J connectivity index is 1.53. The second-order valence-corrected chi connectivity index (χ2v) is 23.4. The van der Waals surface area contributed by atoms with E-state index in [0.29, 0.717) is 5.56 Å². The lowest BCUT2D eigenvalue weighted by Crippen LogP contribution is -2.61. The Morgan fingerprint density at radius 2 is 0.866 bits per heavy atom. The number of amides is 10. The molecule has 4 rings (SSSR count). The number of nitro groups is 1. The van der Waals surface area contributed by atoms with Gasteiger partial charge in [-0.05, 0) is 87.5 Å². The summed E-state index contributed by atoms with van der Waals surface area (Å²) < 4.78 is 0. The highest BCUT2D eigenvalue weighted by Crippen LogP contribution is 2.25. The van der Waals surface area contributed by atoms with Crippen molar-refractivity contribution in [2.45, 2.75) is 190 Å². The number of hydrogen-bond donors (Lipinski definition) is 15. The van der Waals surface area contributed by atoms with Crippen LogP contribution in [0.5, 0.6) is 5.75 Å². The smallest absolute Gasteiger partial charge is 0.326 e. The molecule has 97 heavy (non-hydrogen) atoms. The zero-order chi connectivity index (χ0) is 72.4. The maximum absolute atomic E-state index is 14.7. The largest absolute Gasteiger partial charge is 0.508 e. The van der Waals surface area contributed by atoms with Crippen LogP contribution in [0, 0.1) is 16.0 Å². The van der Waals surface area contributed by atoms with Crippen LogP contribution in [0.4, 0.5) is 5.69 Å². The molecule has 0 aromatic heterocycles. The first-order valence-corrected chi connectivity index (χ1v) is 31.1. The molecule has 36 nitrogen and oxygen atoms in total. The van der Waals surface area contributed by atoms with E-state index in [4.69, 9.17) is 10.2 Å². The number of phenolic OH excluding ortho intramolecular Hbond substituents is 1. The monoisotopic (exact) mass is 1370 g/mol. The Labute approximate surface area is 553 Å². The third-order valence-corrected chi connectivity index (χ3v) is 16.1. The van der Waals surface area contributed by atoms with Crippen molar-refractivity contribution in [2.75, 3.05) is 13.1 Å². The van der Waals surface area contributed by atoms with Gasteiger partial charge in [-0.15, -0.1) is 0 Å². The summed E-state index contributed by atoms with van der Waals surface area (Å²) in [5, 5.41) is 97.0. The van der Waals surface area contributed by atoms with Crippen LogP contribution in [0.25, 0.3) is 0 Å². The molecular formula is C61H81N11O25. The molecule has 2 fully saturated rings. The Kier molecular flexibility index (Phi) is 30.7. The summed E-state index contributed by atoms with van der Waals surface area (Å²) in [6, 6.07) is -5.81. The van der Waals surface area contributed by atoms with Gasteiger partial charge in [-0.25, -0.2) is 4.79 Å². The molecule has 2 aromatic carbocycles. The summed E-state index contributed by atoms with van der Waals surface area (Å²) in [5.41, 5.74) is 0.268. The minimum Gasteiger partial charge on any atom is -0.508 e. The second-order valence-electron chi connectivity index (χ2n) is 23.4. The molecule has 0 aliphatic carbocycles. The maximum atomic E-state index is 14.7. The van der Waals surface area contributed by atoms with Crippen molar-refractivity contribution in [3.63, 3.8) is 0 Å². The van der Waals surface area contributed by atoms with Gasteiger partial charge in [0.2, 0.25) is 59.1 Å². The van der Waals surface area contributed by atoms with Crippen molar-refractivity contribution in [1.29, 1.82) is 0 Å². The predicted molar refractivity (Wildman–Crippen MR) is 331 cm³/mol. The van der Waals surface area contributed by atoms with Gasteiger partial charge in [0.1, 0.15) is 66.2 Å². The van der Waals surface area contributed by atoms with E-state index in [1.54, 1.807) is 13.8 Å². The maximum Gasteiger partial charge on any atom is 0.326 e. The van der Waals surface area contributed by atoms with Crippen LogP contribution in [0.15, 0.2) is 48.5 Å². The minimum absolute atomic E-state index is 0.0233. The molecule has 2 aliphatic heterocycles. The topological polar surface area (TPSA) is 561 Å². The first-order chi connectivity index (χ1) is 45.7. The number of carboxylic acid groups (broad SMARTS) is 6. The number of rotatable bonds is 40. The lowest BCUT2D eigenvalue weighted by Gasteiger charge is -2.34. The number of nitrogens with zero attached hydrogens (tertiary/aromatic N) is 3. The molecule has 0 radical (unpaired) electrons. The van der Waals surface area contributed by atoms with Gasteiger partial charge in [-0.2, -0.15) is 0 Å². The highest BCUT2D eigenvalue weighted by Gasteiger charge is 2.44. The lowest BCUT2D eigenvalue weighted by atomic mass is 9.96. The van der Waals surface area contributed by atoms with E-state index in [0.717, 1.165) is 28.9 Å². The molecular weight excluding hydrogens is 1290 g/mol. The second kappa shape index (κ2) is 37.9. The third-order valence-electron chi connectivity index (χ3n) is 16.1. The molecule has 2 saturated heterocycles. The van der Waals surface area contributed by atoms with Gasteiger partial charge in [-0.1, -0.05) is 44.5 Å². The highest BCUT2D eigenvalue weighted by molar-refractivity contribution is 5.99. The zero-order valence-electron chi connectivity index (χ0n) is 53.2. The molecule has 2 aromatic rings. The highest BCUT2D eigenvalue weighted by atomic mass is 16.6. The Morgan fingerprint density at radius 1 is 0.474 bits per heavy atom. The standard InChI is InChI=1S/C61H81N11O25/c1-4-31(2)51(69-58(91)44-8-5-27-70(44)59(92)39(19-24-48(79)80)66-55(88)41(63-45(74)21-26-50(83)84)29-34-11-15-36(73)16-12-34)60(93)71-28-6-7-43(71)57(90)65-38(18-23-47(77)78)54(87)64-37(17-22-46(75)76)53(86)62-32(3)52(85)68-42(30-33-9-13-35(14-10-33)72(96)97)56(89)67-40(61(94)95)20-25-49(81)82/h9-16,31-32,37-44,51,73H,4-8,17-30H2,1-3H3,(H,62,86)(H,63,74)(H,64,87)(H,65,90)(H,66,88)(H,67,89)(H,68,85)(H,69,91)(H,75,76)(H,77,78)(H,79,80)(H,81,82)(H,83,84)(H,94,95)/t31-,32-,37-,38-,39-,40+,41-,42-,43-,44-,51-/m0/s1. The molecule has 0 bridgehead atoms. The van der Waals surface area contributed by atoms with Crippen molar-refractivity contribution < 1.29 is 117 Å². The molecule has 530 valence electrons. The number of phenols is 1. The van der Waals surface area contributed by atoms with Crippen LogP contribution >= 0.6 is 0 Å². The van der Waals surface area contributed by atoms with Crippen molar-refractivity contribution >= 4 is 101 Å². The van der Waals surface area contributed by atoms with E-state index < -0.39 is 237 Å². The molecule has 2 aliphatic rings. The van der Waals surface area contributed by atoms with Crippen molar-refractivity contribution in [1.82, 2.24) is 52.3 Å². The number of carboxylic acids is 6. The van der Waals surface area contributed by atoms with Crippen LogP contribution < -0.4 is 42.5 Å². The molecule has 0 saturated carbocycles. The summed E-state index contributed by atoms with van der Waals surface area (Å²) >= 11 is 0. The lowest BCUT2D eigenvalue weighted by molar-refractivity contribution is -0.384. The van der Waals surface area contributed by atoms with E-state index in [-0.39, 0.29) is 68.6 Å². The SMILES string of the molecule is CC[C@H](C)[C@H](NC(=O)[C@@H]1CCCN1C(=O)[C@H](CCC(=O)O)NC(=O)[C@H](Cc1ccc(O)cc1)NC(=O)CCC(=O)O)C(=O)N1CCC[C@H]1C(=O)N[C@@H](CCC(=O)O)C(=O)N[C@@H](CCC(=O)O)C(=O)N[C@@H](C)C(=O)N[C@@H](Cc1ccc([N+](=O)[O-])cc1)C(=O)N[C@H](CCC(=O)O)C(=O)O. The van der Waals surface area contributed by atoms with Gasteiger partial charge in [0.05, 0.1) is 11.3 Å². The van der Waals surface area contributed by atoms with Gasteiger partial charge in [-0.3, -0.25) is 82.0 Å². The number of hydrogen-bond acceptors (Lipinski definition) is 19. The summed E-state index contributed by atoms with van der Waals surface area (Å²) in [5.74, 6) is -19.5. The van der Waals surface area contributed by atoms with Crippen molar-refractivity contribution in [3.05, 3.63) is 69.8 Å². The minimum atomic E-state index is -1.84. The number of likely N-dealkylation sites (tertiary alicyclic amines) is 2. The van der Waals surface area contributed by atoms with Gasteiger partial charge in [0, 0.05) is 70.2 Å². The first kappa shape index (κ1) is 78.6. The van der Waals surface area contributed by atoms with Gasteiger partial charge < -0.3 is 88.1 Å². The summed E-state index contributed by atoms with van der Waals surface area (Å²) in [7, 11) is 0. The molecule has 15 N–H and O–H groups in total. The number of aromatic hydroxyl groups is 1. The number of aliphatic carboxylic acids is 6. The Hall–Kier alpha value is -10.8. The van der Waals surface area contributed by atoms with E-state index >= 15 is 0 Å². The van der Waals surface area contributed by atoms with Crippen molar-refractivity contribution in [2.24, 2.45) is 5.92 Å². The van der Waals surface area contributed by atoms with E-state index in [2.05, 4.69) is 42.5 Å². The fourth-order valence-corrected chi connectivity index (χ4v) is 10.6. The van der Waals surface area contributed by atoms with E-state index in [1.807, 2.05) is 0 Å². The summed E-state index contributed by atoms with van der Waals surface area (Å²) in [4.78, 5) is 223. The molecule has 0 unspecified atom stereocenters. The number of nitrogens with one attached hydrogen (secondary N) is 8. The average molecular weight is 1370 g/mol. The Morgan fingerprint density at radius 3 is 1.34 bits per heavy atom. The summed E-state index contributed by atoms with van der Waals surface area (Å²) in [6.07, 6.45) is -6.48. The fourth-order valence-electron chi connectivity index (χ4n) is 10.6. The van der Waals surface area contributed by atoms with Crippen LogP contribution in [0.2, 0.25) is 0 Å². The molecule has 11 atom stereocenters. The average Bonchev–Trinajstić information content (AvgIpc) is 1.74. The van der Waals surface area contributed by atoms with Crippen LogP contribution in [-0.2, 0) is 89.6 Å². The molecule has 0 spiro atoms. The van der Waals surface area contributed by atoms with E-state index in [1.165, 1.54) is 36.4 Å². The third kappa shape index (κ3) is 25.4. The van der Waals surface area contributed by atoms with Crippen LogP contribution in [-0.4, -0.2) is 219 Å². The first-order valence-electron chi connectivity index (χ1n) is 31.1. The van der Waals surface area contributed by atoms with E-state index in [9.17, 15) is 112 Å². The van der Waals surface area contributed by atoms with Crippen molar-refractivity contribution in [3.8, 4) is 5.75 Å². The molecule has 2 heterocycles. The number of carbonyl (C=O) groups excluding carboxylic acids is 10. The predicted octanol–water partition coefficient (Wildman–Crippen LogP) is -1.58. The zero-order valence-corrected chi connectivity index (χ0v) is 53.2. The fraction of sp³-hybridized carbons (Fsp3) is 0.541. The van der Waals surface area contributed by atoms with Crippen LogP contribution in [0.3, 0.4) is 0 Å². The molecule has 36 heteroatoms. The Bertz CT molecular complexity index is 3260. The van der Waals surface area contributed by atoms with Gasteiger partial charge in [0.15, 0.2) is 0 Å². The van der Waals surface area contributed by atoms with Gasteiger partial charge >= 0.3 is 35.8 Å². The van der Waals surface area contributed by atoms with Gasteiger partial charge in [0.25, 0.3) is 5.69 Å². The summed E-state index contributed by atoms with van der Waals surface area (Å²) in [6.45, 7) is 4.24.